The van der Waals surface area contributed by atoms with Crippen molar-refractivity contribution in [1.82, 2.24) is 16.0 Å². The Morgan fingerprint density at radius 1 is 0.853 bits per heavy atom. The number of hydrogen-bond donors (Lipinski definition) is 7. The quantitative estimate of drug-likeness (QED) is 0.137. The molecule has 9 N–H and O–H groups in total. The number of nitrogens with one attached hydrogen (secondary N) is 3. The van der Waals surface area contributed by atoms with Crippen molar-refractivity contribution >= 4 is 35.6 Å². The van der Waals surface area contributed by atoms with Crippen LogP contribution in [-0.4, -0.2) is 69.9 Å². The van der Waals surface area contributed by atoms with Crippen molar-refractivity contribution in [3.8, 4) is 0 Å². The minimum Gasteiger partial charge on any atom is -0.481 e. The summed E-state index contributed by atoms with van der Waals surface area (Å²) in [6.45, 7) is 7.27. The molecule has 4 amide bonds. The molecule has 194 valence electrons. The van der Waals surface area contributed by atoms with Crippen LogP contribution in [0.3, 0.4) is 0 Å². The Hall–Kier alpha value is -3.22. The molecular formula is C21H37N5O8. The smallest absolute Gasteiger partial charge is 0.326 e. The molecule has 0 saturated heterocycles. The normalized spacial score (nSPS) is 15.4. The second-order valence-electron chi connectivity index (χ2n) is 8.67. The van der Waals surface area contributed by atoms with Crippen LogP contribution in [0.4, 0.5) is 0 Å². The highest BCUT2D eigenvalue weighted by Gasteiger charge is 2.33. The van der Waals surface area contributed by atoms with E-state index in [1.54, 1.807) is 13.8 Å². The second-order valence-corrected chi connectivity index (χ2v) is 8.67. The third kappa shape index (κ3) is 11.6. The van der Waals surface area contributed by atoms with Gasteiger partial charge in [-0.1, -0.05) is 34.1 Å². The highest BCUT2D eigenvalue weighted by Crippen LogP contribution is 2.11. The maximum atomic E-state index is 13.0. The number of amides is 4. The molecule has 0 rings (SSSR count). The van der Waals surface area contributed by atoms with Gasteiger partial charge in [0.15, 0.2) is 0 Å². The van der Waals surface area contributed by atoms with Crippen LogP contribution in [0.15, 0.2) is 0 Å². The number of aliphatic carboxylic acids is 2. The van der Waals surface area contributed by atoms with Crippen LogP contribution in [0.25, 0.3) is 0 Å². The summed E-state index contributed by atoms with van der Waals surface area (Å²) >= 11 is 0. The molecule has 13 heteroatoms. The van der Waals surface area contributed by atoms with Gasteiger partial charge in [-0.2, -0.15) is 0 Å². The van der Waals surface area contributed by atoms with E-state index in [9.17, 15) is 33.9 Å². The van der Waals surface area contributed by atoms with E-state index in [0.717, 1.165) is 0 Å². The van der Waals surface area contributed by atoms with E-state index in [1.165, 1.54) is 0 Å². The number of carbonyl (C=O) groups is 6. The van der Waals surface area contributed by atoms with Crippen molar-refractivity contribution in [2.24, 2.45) is 23.3 Å². The van der Waals surface area contributed by atoms with Gasteiger partial charge in [-0.3, -0.25) is 24.0 Å². The molecule has 13 nitrogen and oxygen atoms in total. The first-order valence-electron chi connectivity index (χ1n) is 11.1. The van der Waals surface area contributed by atoms with Crippen LogP contribution in [0.1, 0.15) is 59.8 Å². The van der Waals surface area contributed by atoms with Gasteiger partial charge in [0.05, 0.1) is 12.5 Å². The van der Waals surface area contributed by atoms with Gasteiger partial charge in [-0.25, -0.2) is 4.79 Å². The summed E-state index contributed by atoms with van der Waals surface area (Å²) in [6, 6.07) is -5.03. The number of rotatable bonds is 16. The molecule has 0 aromatic rings. The summed E-state index contributed by atoms with van der Waals surface area (Å²) in [4.78, 5) is 71.6. The van der Waals surface area contributed by atoms with Crippen molar-refractivity contribution in [1.29, 1.82) is 0 Å². The van der Waals surface area contributed by atoms with Gasteiger partial charge < -0.3 is 37.6 Å². The molecule has 5 atom stereocenters. The molecule has 0 aliphatic heterocycles. The first-order chi connectivity index (χ1) is 15.7. The van der Waals surface area contributed by atoms with E-state index in [1.807, 2.05) is 13.8 Å². The Kier molecular flexibility index (Phi) is 13.4. The Morgan fingerprint density at radius 3 is 1.85 bits per heavy atom. The molecule has 0 aromatic carbocycles. The van der Waals surface area contributed by atoms with Crippen molar-refractivity contribution in [2.75, 3.05) is 0 Å². The largest absolute Gasteiger partial charge is 0.481 e. The molecule has 5 unspecified atom stereocenters. The molecule has 34 heavy (non-hydrogen) atoms. The topological polar surface area (TPSA) is 231 Å². The van der Waals surface area contributed by atoms with Crippen LogP contribution >= 0.6 is 0 Å². The highest BCUT2D eigenvalue weighted by molar-refractivity contribution is 5.96. The van der Waals surface area contributed by atoms with Crippen LogP contribution < -0.4 is 27.4 Å². The zero-order chi connectivity index (χ0) is 26.6. The summed E-state index contributed by atoms with van der Waals surface area (Å²) in [5.74, 6) is -6.27. The van der Waals surface area contributed by atoms with Gasteiger partial charge >= 0.3 is 11.9 Å². The van der Waals surface area contributed by atoms with Crippen LogP contribution in [0.2, 0.25) is 0 Å². The summed E-state index contributed by atoms with van der Waals surface area (Å²) in [5, 5.41) is 25.0. The Balaban J connectivity index is 5.57. The van der Waals surface area contributed by atoms with Gasteiger partial charge in [0.2, 0.25) is 23.6 Å². The van der Waals surface area contributed by atoms with Gasteiger partial charge in [-0.15, -0.1) is 0 Å². The van der Waals surface area contributed by atoms with Gasteiger partial charge in [0.25, 0.3) is 0 Å². The lowest BCUT2D eigenvalue weighted by molar-refractivity contribution is -0.143. The van der Waals surface area contributed by atoms with E-state index < -0.39 is 79.0 Å². The number of carboxylic acids is 2. The minimum absolute atomic E-state index is 0.142. The molecule has 0 saturated carbocycles. The molecule has 0 aromatic heterocycles. The summed E-state index contributed by atoms with van der Waals surface area (Å²) in [5.41, 5.74) is 11.1. The van der Waals surface area contributed by atoms with Crippen LogP contribution in [0, 0.1) is 11.8 Å². The lowest BCUT2D eigenvalue weighted by Gasteiger charge is -2.28. The summed E-state index contributed by atoms with van der Waals surface area (Å²) in [6.07, 6.45) is -0.701. The van der Waals surface area contributed by atoms with Gasteiger partial charge in [0.1, 0.15) is 18.1 Å². The molecule has 0 aliphatic carbocycles. The molecule has 0 heterocycles. The highest BCUT2D eigenvalue weighted by atomic mass is 16.4. The third-order valence-electron chi connectivity index (χ3n) is 5.16. The van der Waals surface area contributed by atoms with E-state index in [4.69, 9.17) is 16.6 Å². The molecule has 0 bridgehead atoms. The van der Waals surface area contributed by atoms with Crippen molar-refractivity contribution in [3.05, 3.63) is 0 Å². The minimum atomic E-state index is -1.56. The fraction of sp³-hybridized carbons (Fsp3) is 0.714. The molecule has 0 radical (unpaired) electrons. The fourth-order valence-corrected chi connectivity index (χ4v) is 3.05. The summed E-state index contributed by atoms with van der Waals surface area (Å²) in [7, 11) is 0. The fourth-order valence-electron chi connectivity index (χ4n) is 3.05. The number of hydrogen-bond acceptors (Lipinski definition) is 7. The lowest BCUT2D eigenvalue weighted by atomic mass is 9.96. The van der Waals surface area contributed by atoms with E-state index >= 15 is 0 Å². The molecular weight excluding hydrogens is 450 g/mol. The number of primary amides is 1. The average molecular weight is 488 g/mol. The maximum absolute atomic E-state index is 13.0. The standard InChI is InChI=1S/C21H37N5O8/c1-5-11(4)17(26-18(30)12(22)8-10(2)3)20(32)25-14(9-15(23)27)19(31)24-13(21(33)34)6-7-16(28)29/h10-14,17H,5-9,22H2,1-4H3,(H2,23,27)(H,24,31)(H,25,32)(H,26,30)(H,28,29)(H,33,34). The van der Waals surface area contributed by atoms with Crippen molar-refractivity contribution in [2.45, 2.75) is 84.0 Å². The van der Waals surface area contributed by atoms with Gasteiger partial charge in [-0.05, 0) is 24.7 Å². The predicted octanol–water partition coefficient (Wildman–Crippen LogP) is -1.31. The number of carboxylic acid groups (broad SMARTS) is 2. The monoisotopic (exact) mass is 487 g/mol. The van der Waals surface area contributed by atoms with E-state index in [-0.39, 0.29) is 11.8 Å². The molecule has 0 fully saturated rings. The van der Waals surface area contributed by atoms with Gasteiger partial charge in [0, 0.05) is 6.42 Å². The van der Waals surface area contributed by atoms with Crippen molar-refractivity contribution in [3.63, 3.8) is 0 Å². The first kappa shape index (κ1) is 30.8. The summed E-state index contributed by atoms with van der Waals surface area (Å²) < 4.78 is 0. The van der Waals surface area contributed by atoms with E-state index in [0.29, 0.717) is 12.8 Å². The molecule has 0 spiro atoms. The van der Waals surface area contributed by atoms with Crippen molar-refractivity contribution < 1.29 is 39.0 Å². The number of carbonyl (C=O) groups excluding carboxylic acids is 4. The SMILES string of the molecule is CCC(C)C(NC(=O)C(N)CC(C)C)C(=O)NC(CC(N)=O)C(=O)NC(CCC(=O)O)C(=O)O. The first-order valence-corrected chi connectivity index (χ1v) is 11.1. The lowest BCUT2D eigenvalue weighted by Crippen LogP contribution is -2.59. The Bertz CT molecular complexity index is 757. The second kappa shape index (κ2) is 14.8. The zero-order valence-electron chi connectivity index (χ0n) is 20.0. The maximum Gasteiger partial charge on any atom is 0.326 e. The number of nitrogens with two attached hydrogens (primary N) is 2. The zero-order valence-corrected chi connectivity index (χ0v) is 20.0. The van der Waals surface area contributed by atoms with Crippen LogP contribution in [-0.2, 0) is 28.8 Å². The Labute approximate surface area is 198 Å². The van der Waals surface area contributed by atoms with Crippen LogP contribution in [0.5, 0.6) is 0 Å². The Morgan fingerprint density at radius 2 is 1.41 bits per heavy atom. The average Bonchev–Trinajstić information content (AvgIpc) is 2.72. The predicted molar refractivity (Wildman–Crippen MR) is 121 cm³/mol. The molecule has 0 aliphatic rings. The third-order valence-corrected chi connectivity index (χ3v) is 5.16. The van der Waals surface area contributed by atoms with E-state index in [2.05, 4.69) is 16.0 Å².